The van der Waals surface area contributed by atoms with Crippen molar-refractivity contribution in [3.8, 4) is 0 Å². The number of hydrogen-bond donors (Lipinski definition) is 2. The van der Waals surface area contributed by atoms with Gasteiger partial charge in [-0.05, 0) is 52.2 Å². The molecule has 0 radical (unpaired) electrons. The van der Waals surface area contributed by atoms with E-state index in [1.807, 2.05) is 13.0 Å². The normalized spacial score (nSPS) is 12.7. The lowest BCUT2D eigenvalue weighted by molar-refractivity contribution is 0.504. The number of nitrogens with one attached hydrogen (secondary N) is 1. The molecule has 96 valence electrons. The summed E-state index contributed by atoms with van der Waals surface area (Å²) in [5.41, 5.74) is 4.29. The Balaban J connectivity index is 2.41. The minimum absolute atomic E-state index is 0.352. The molecule has 1 heterocycles. The van der Waals surface area contributed by atoms with Crippen molar-refractivity contribution in [3.05, 3.63) is 55.7 Å². The second-order valence-corrected chi connectivity index (χ2v) is 6.28. The fourth-order valence-corrected chi connectivity index (χ4v) is 3.32. The third-order valence-electron chi connectivity index (χ3n) is 2.60. The molecule has 0 aliphatic carbocycles. The highest BCUT2D eigenvalue weighted by Crippen LogP contribution is 2.34. The van der Waals surface area contributed by atoms with Crippen molar-refractivity contribution >= 4 is 27.3 Å². The molecule has 18 heavy (non-hydrogen) atoms. The molecule has 1 aromatic heterocycles. The van der Waals surface area contributed by atoms with Gasteiger partial charge in [0.15, 0.2) is 11.6 Å². The summed E-state index contributed by atoms with van der Waals surface area (Å²) in [6.07, 6.45) is 0. The van der Waals surface area contributed by atoms with E-state index in [1.54, 1.807) is 0 Å². The van der Waals surface area contributed by atoms with E-state index in [2.05, 4.69) is 21.4 Å². The van der Waals surface area contributed by atoms with E-state index in [-0.39, 0.29) is 6.04 Å². The smallest absolute Gasteiger partial charge is 0.159 e. The molecular weight excluding hydrogens is 322 g/mol. The van der Waals surface area contributed by atoms with Gasteiger partial charge < -0.3 is 0 Å². The number of hydrogen-bond acceptors (Lipinski definition) is 3. The van der Waals surface area contributed by atoms with Crippen molar-refractivity contribution in [1.29, 1.82) is 0 Å². The van der Waals surface area contributed by atoms with E-state index in [0.717, 1.165) is 26.4 Å². The van der Waals surface area contributed by atoms with Crippen molar-refractivity contribution in [3.63, 3.8) is 0 Å². The van der Waals surface area contributed by atoms with Gasteiger partial charge in [0, 0.05) is 4.88 Å². The molecule has 2 nitrogen and oxygen atoms in total. The lowest BCUT2D eigenvalue weighted by Crippen LogP contribution is -2.28. The Bertz CT molecular complexity index is 552. The molecule has 2 aromatic rings. The third-order valence-corrected chi connectivity index (χ3v) is 4.81. The van der Waals surface area contributed by atoms with E-state index < -0.39 is 11.6 Å². The maximum atomic E-state index is 13.2. The van der Waals surface area contributed by atoms with Crippen molar-refractivity contribution in [2.75, 3.05) is 0 Å². The summed E-state index contributed by atoms with van der Waals surface area (Å²) in [5.74, 6) is 3.77. The van der Waals surface area contributed by atoms with E-state index in [9.17, 15) is 8.78 Å². The van der Waals surface area contributed by atoms with Crippen LogP contribution in [-0.2, 0) is 0 Å². The Labute approximate surface area is 116 Å². The van der Waals surface area contributed by atoms with E-state index >= 15 is 0 Å². The van der Waals surface area contributed by atoms with Gasteiger partial charge >= 0.3 is 0 Å². The quantitative estimate of drug-likeness (QED) is 0.665. The van der Waals surface area contributed by atoms with Gasteiger partial charge in [-0.3, -0.25) is 5.84 Å². The van der Waals surface area contributed by atoms with Crippen molar-refractivity contribution < 1.29 is 8.78 Å². The number of nitrogens with two attached hydrogens (primary N) is 1. The summed E-state index contributed by atoms with van der Waals surface area (Å²) in [6.45, 7) is 1.96. The Morgan fingerprint density at radius 2 is 2.00 bits per heavy atom. The first-order chi connectivity index (χ1) is 8.52. The minimum Gasteiger partial charge on any atom is -0.271 e. The average Bonchev–Trinajstić information content (AvgIpc) is 2.65. The summed E-state index contributed by atoms with van der Waals surface area (Å²) in [6, 6.07) is 5.38. The van der Waals surface area contributed by atoms with Gasteiger partial charge in [0.25, 0.3) is 0 Å². The molecule has 0 bridgehead atoms. The van der Waals surface area contributed by atoms with Crippen LogP contribution in [0, 0.1) is 18.6 Å². The van der Waals surface area contributed by atoms with Gasteiger partial charge in [0.2, 0.25) is 0 Å². The molecule has 0 saturated carbocycles. The number of aryl methyl sites for hydroxylation is 1. The molecule has 3 N–H and O–H groups in total. The number of hydrazine groups is 1. The van der Waals surface area contributed by atoms with Crippen molar-refractivity contribution in [1.82, 2.24) is 5.43 Å². The number of benzene rings is 1. The van der Waals surface area contributed by atoms with E-state index in [4.69, 9.17) is 5.84 Å². The van der Waals surface area contributed by atoms with Crippen LogP contribution >= 0.6 is 27.3 Å². The average molecular weight is 333 g/mol. The predicted octanol–water partition coefficient (Wildman–Crippen LogP) is 3.65. The molecule has 2 rings (SSSR count). The lowest BCUT2D eigenvalue weighted by Gasteiger charge is -2.14. The molecule has 0 saturated heterocycles. The standard InChI is InChI=1S/C12H11BrF2N2S/c1-6-4-10(18-12(6)13)11(17-16)7-2-3-8(14)9(15)5-7/h2-5,11,17H,16H2,1H3. The van der Waals surface area contributed by atoms with Crippen LogP contribution in [0.15, 0.2) is 28.1 Å². The van der Waals surface area contributed by atoms with Crippen LogP contribution in [0.1, 0.15) is 22.0 Å². The molecule has 0 fully saturated rings. The zero-order valence-corrected chi connectivity index (χ0v) is 11.9. The number of rotatable bonds is 3. The van der Waals surface area contributed by atoms with Gasteiger partial charge in [-0.15, -0.1) is 11.3 Å². The predicted molar refractivity (Wildman–Crippen MR) is 72.3 cm³/mol. The first-order valence-corrected chi connectivity index (χ1v) is 6.80. The molecule has 0 spiro atoms. The van der Waals surface area contributed by atoms with Crippen LogP contribution in [0.2, 0.25) is 0 Å². The Morgan fingerprint density at radius 1 is 1.28 bits per heavy atom. The van der Waals surface area contributed by atoms with Crippen molar-refractivity contribution in [2.45, 2.75) is 13.0 Å². The Kier molecular flexibility index (Phi) is 4.11. The van der Waals surface area contributed by atoms with Gasteiger partial charge in [-0.1, -0.05) is 6.07 Å². The van der Waals surface area contributed by atoms with Crippen LogP contribution in [0.3, 0.4) is 0 Å². The minimum atomic E-state index is -0.875. The van der Waals surface area contributed by atoms with Crippen molar-refractivity contribution in [2.24, 2.45) is 5.84 Å². The summed E-state index contributed by atoms with van der Waals surface area (Å²) in [7, 11) is 0. The molecule has 0 aliphatic heterocycles. The first-order valence-electron chi connectivity index (χ1n) is 5.20. The summed E-state index contributed by atoms with van der Waals surface area (Å²) in [4.78, 5) is 0.938. The maximum absolute atomic E-state index is 13.2. The topological polar surface area (TPSA) is 38.0 Å². The zero-order chi connectivity index (χ0) is 13.3. The van der Waals surface area contributed by atoms with Gasteiger partial charge in [0.05, 0.1) is 9.83 Å². The maximum Gasteiger partial charge on any atom is 0.159 e. The molecule has 1 atom stereocenters. The molecular formula is C12H11BrF2N2S. The monoisotopic (exact) mass is 332 g/mol. The third kappa shape index (κ3) is 2.61. The highest BCUT2D eigenvalue weighted by Gasteiger charge is 2.17. The highest BCUT2D eigenvalue weighted by molar-refractivity contribution is 9.11. The Morgan fingerprint density at radius 3 is 2.50 bits per heavy atom. The number of thiophene rings is 1. The summed E-state index contributed by atoms with van der Waals surface area (Å²) >= 11 is 4.94. The number of halogens is 3. The largest absolute Gasteiger partial charge is 0.271 e. The van der Waals surface area contributed by atoms with E-state index in [1.165, 1.54) is 17.4 Å². The van der Waals surface area contributed by atoms with Crippen LogP contribution < -0.4 is 11.3 Å². The lowest BCUT2D eigenvalue weighted by atomic mass is 10.1. The van der Waals surface area contributed by atoms with Crippen LogP contribution in [0.5, 0.6) is 0 Å². The summed E-state index contributed by atoms with van der Waals surface area (Å²) in [5, 5.41) is 0. The van der Waals surface area contributed by atoms with Gasteiger partial charge in [-0.2, -0.15) is 0 Å². The van der Waals surface area contributed by atoms with Crippen LogP contribution in [-0.4, -0.2) is 0 Å². The van der Waals surface area contributed by atoms with E-state index in [0.29, 0.717) is 5.56 Å². The van der Waals surface area contributed by atoms with Crippen LogP contribution in [0.25, 0.3) is 0 Å². The molecule has 1 aromatic carbocycles. The molecule has 0 amide bonds. The van der Waals surface area contributed by atoms with Crippen LogP contribution in [0.4, 0.5) is 8.78 Å². The SMILES string of the molecule is Cc1cc(C(NN)c2ccc(F)c(F)c2)sc1Br. The fourth-order valence-electron chi connectivity index (χ4n) is 1.66. The highest BCUT2D eigenvalue weighted by atomic mass is 79.9. The van der Waals surface area contributed by atoms with Gasteiger partial charge in [0.1, 0.15) is 0 Å². The Hall–Kier alpha value is -0.820. The molecule has 0 aliphatic rings. The molecule has 1 unspecified atom stereocenters. The fraction of sp³-hybridized carbons (Fsp3) is 0.167. The zero-order valence-electron chi connectivity index (χ0n) is 9.51. The molecule has 6 heteroatoms. The second-order valence-electron chi connectivity index (χ2n) is 3.88. The van der Waals surface area contributed by atoms with Gasteiger partial charge in [-0.25, -0.2) is 14.2 Å². The first kappa shape index (κ1) is 13.6. The second kappa shape index (κ2) is 5.44. The summed E-state index contributed by atoms with van der Waals surface area (Å²) < 4.78 is 27.1.